The molecular formula is C57H70F4N10O3. The quantitative estimate of drug-likeness (QED) is 0.0590. The lowest BCUT2D eigenvalue weighted by Gasteiger charge is -2.33. The fraction of sp³-hybridized carbons (Fsp3) is 0.421. The van der Waals surface area contributed by atoms with Gasteiger partial charge in [0.1, 0.15) is 29.6 Å². The molecule has 2 aliphatic carbocycles. The van der Waals surface area contributed by atoms with Crippen LogP contribution in [0.4, 0.5) is 29.2 Å². The summed E-state index contributed by atoms with van der Waals surface area (Å²) >= 11 is 0. The van der Waals surface area contributed by atoms with Crippen LogP contribution in [0.1, 0.15) is 78.6 Å². The van der Waals surface area contributed by atoms with Gasteiger partial charge in [-0.25, -0.2) is 27.5 Å². The molecule has 4 fully saturated rings. The van der Waals surface area contributed by atoms with Crippen LogP contribution in [0, 0.1) is 23.3 Å². The second kappa shape index (κ2) is 26.1. The van der Waals surface area contributed by atoms with Crippen molar-refractivity contribution in [3.8, 4) is 0 Å². The Morgan fingerprint density at radius 3 is 1.38 bits per heavy atom. The third kappa shape index (κ3) is 15.5. The number of likely N-dealkylation sites (N-methyl/N-ethyl adjacent to an activating group) is 2. The van der Waals surface area contributed by atoms with Crippen molar-refractivity contribution in [2.75, 3.05) is 82.8 Å². The van der Waals surface area contributed by atoms with Gasteiger partial charge in [0.2, 0.25) is 0 Å². The minimum absolute atomic E-state index is 0. The topological polar surface area (TPSA) is 138 Å². The molecule has 2 aliphatic heterocycles. The van der Waals surface area contributed by atoms with Crippen molar-refractivity contribution in [3.63, 3.8) is 0 Å². The van der Waals surface area contributed by atoms with Gasteiger partial charge in [-0.3, -0.25) is 9.59 Å². The van der Waals surface area contributed by atoms with Gasteiger partial charge in [0.05, 0.1) is 24.5 Å². The summed E-state index contributed by atoms with van der Waals surface area (Å²) < 4.78 is 55.4. The summed E-state index contributed by atoms with van der Waals surface area (Å²) in [5.74, 6) is 0.903. The highest BCUT2D eigenvalue weighted by Crippen LogP contribution is 2.41. The zero-order chi connectivity index (χ0) is 51.4. The maximum Gasteiger partial charge on any atom is 0.293 e. The van der Waals surface area contributed by atoms with Crippen molar-refractivity contribution in [1.82, 2.24) is 34.2 Å². The number of aryl methyl sites for hydroxylation is 2. The van der Waals surface area contributed by atoms with Crippen molar-refractivity contribution in [2.24, 2.45) is 5.73 Å². The van der Waals surface area contributed by atoms with Gasteiger partial charge in [-0.15, -0.1) is 0 Å². The predicted octanol–water partition coefficient (Wildman–Crippen LogP) is 6.99. The molecule has 3 N–H and O–H groups in total. The Bertz CT molecular complexity index is 2850. The lowest BCUT2D eigenvalue weighted by Crippen LogP contribution is -2.47. The van der Waals surface area contributed by atoms with Crippen molar-refractivity contribution in [3.05, 3.63) is 187 Å². The van der Waals surface area contributed by atoms with E-state index in [1.54, 1.807) is 39.6 Å². The van der Waals surface area contributed by atoms with Crippen LogP contribution < -0.4 is 32.0 Å². The van der Waals surface area contributed by atoms with Gasteiger partial charge in [-0.1, -0.05) is 56.0 Å². The summed E-state index contributed by atoms with van der Waals surface area (Å²) in [6, 6.07) is 26.5. The number of hydrogen-bond donors (Lipinski definition) is 2. The zero-order valence-electron chi connectivity index (χ0n) is 41.7. The molecule has 0 spiro atoms. The number of piperazine rings is 2. The van der Waals surface area contributed by atoms with E-state index in [9.17, 15) is 31.9 Å². The average molecular weight is 1020 g/mol. The van der Waals surface area contributed by atoms with Crippen molar-refractivity contribution >= 4 is 17.9 Å². The van der Waals surface area contributed by atoms with E-state index in [0.29, 0.717) is 67.2 Å². The number of rotatable bonds is 16. The van der Waals surface area contributed by atoms with Gasteiger partial charge in [-0.2, -0.15) is 0 Å². The first-order valence-electron chi connectivity index (χ1n) is 25.3. The Morgan fingerprint density at radius 1 is 0.581 bits per heavy atom. The van der Waals surface area contributed by atoms with Crippen molar-refractivity contribution in [2.45, 2.75) is 83.0 Å². The number of benzene rings is 4. The van der Waals surface area contributed by atoms with Crippen LogP contribution in [0.3, 0.4) is 0 Å². The van der Waals surface area contributed by atoms with Gasteiger partial charge in [0.15, 0.2) is 11.6 Å². The number of halogens is 4. The Kier molecular flexibility index (Phi) is 19.5. The van der Waals surface area contributed by atoms with E-state index in [2.05, 4.69) is 39.1 Å². The van der Waals surface area contributed by atoms with Gasteiger partial charge in [-0.05, 0) is 124 Å². The number of hydrogen-bond acceptors (Lipinski definition) is 11. The summed E-state index contributed by atoms with van der Waals surface area (Å²) in [4.78, 5) is 54.9. The third-order valence-corrected chi connectivity index (χ3v) is 13.9. The molecule has 4 aliphatic rings. The average Bonchev–Trinajstić information content (AvgIpc) is 4.34. The summed E-state index contributed by atoms with van der Waals surface area (Å²) in [5, 5.41) is 3.60. The minimum atomic E-state index is -0.305. The maximum atomic E-state index is 13.4. The highest BCUT2D eigenvalue weighted by molar-refractivity contribution is 5.50. The molecule has 74 heavy (non-hydrogen) atoms. The van der Waals surface area contributed by atoms with E-state index < -0.39 is 0 Å². The fourth-order valence-corrected chi connectivity index (χ4v) is 9.23. The normalized spacial score (nSPS) is 19.3. The zero-order valence-corrected chi connectivity index (χ0v) is 41.7. The van der Waals surface area contributed by atoms with Gasteiger partial charge < -0.3 is 44.6 Å². The molecule has 0 bridgehead atoms. The lowest BCUT2D eigenvalue weighted by molar-refractivity contribution is -0.107. The van der Waals surface area contributed by atoms with Gasteiger partial charge >= 0.3 is 0 Å². The Labute approximate surface area is 431 Å². The molecule has 0 amide bonds. The number of nitrogens with one attached hydrogen (secondary N) is 1. The lowest BCUT2D eigenvalue weighted by atomic mass is 10.1. The van der Waals surface area contributed by atoms with Crippen molar-refractivity contribution in [1.29, 1.82) is 0 Å². The number of nitrogens with two attached hydrogens (primary N) is 1. The van der Waals surface area contributed by atoms with Crippen LogP contribution in [0.25, 0.3) is 0 Å². The predicted molar refractivity (Wildman–Crippen MR) is 284 cm³/mol. The maximum absolute atomic E-state index is 13.4. The molecule has 2 saturated heterocycles. The molecule has 394 valence electrons. The molecule has 10 rings (SSSR count). The number of nitrogens with zero attached hydrogens (tertiary/aromatic N) is 8. The molecule has 17 heteroatoms. The summed E-state index contributed by atoms with van der Waals surface area (Å²) in [5.41, 5.74) is 11.0. The molecule has 13 nitrogen and oxygen atoms in total. The van der Waals surface area contributed by atoms with Crippen LogP contribution in [0.15, 0.2) is 119 Å². The molecule has 0 radical (unpaired) electrons. The van der Waals surface area contributed by atoms with Crippen LogP contribution in [0.2, 0.25) is 0 Å². The second-order valence-corrected chi connectivity index (χ2v) is 19.6. The highest BCUT2D eigenvalue weighted by Gasteiger charge is 2.37. The number of aldehydes is 1. The molecule has 4 heterocycles. The first-order chi connectivity index (χ1) is 35.3. The van der Waals surface area contributed by atoms with E-state index in [1.807, 2.05) is 35.4 Å². The Hall–Kier alpha value is -6.53. The SMILES string of the molecule is C.CN1CCN(c2nc(CCC=O)cn(Cc3ccc(F)cc3)c2=O)CC1.CN1CCN(c2nc(CCCN[C@@H]3C[C@H]3c3ccc(F)cc3)cn(Cc3ccc(F)cc3)c2=O)CC1.N[C@@H]1C[C@H]1c1ccc(F)cc1. The Balaban J connectivity index is 0.000000183. The van der Waals surface area contributed by atoms with Crippen LogP contribution in [-0.4, -0.2) is 120 Å². The first-order valence-corrected chi connectivity index (χ1v) is 25.3. The summed E-state index contributed by atoms with van der Waals surface area (Å²) in [6.45, 7) is 8.14. The van der Waals surface area contributed by atoms with E-state index in [0.717, 1.165) is 108 Å². The molecule has 4 atom stereocenters. The number of carbonyl (C=O) groups is 1. The number of anilines is 2. The van der Waals surface area contributed by atoms with Gasteiger partial charge in [0.25, 0.3) is 11.1 Å². The molecule has 4 aromatic carbocycles. The van der Waals surface area contributed by atoms with Crippen LogP contribution >= 0.6 is 0 Å². The van der Waals surface area contributed by atoms with E-state index in [-0.39, 0.29) is 41.8 Å². The van der Waals surface area contributed by atoms with E-state index >= 15 is 0 Å². The minimum Gasteiger partial charge on any atom is -0.349 e. The van der Waals surface area contributed by atoms with E-state index in [1.165, 1.54) is 59.7 Å². The third-order valence-electron chi connectivity index (χ3n) is 13.9. The standard InChI is InChI=1S/C28H33F2N5O.C19H23FN4O2.C9H10FN.CH4/c1-33-13-15-34(16-14-33)27-28(36)35(18-20-4-8-22(29)9-5-20)19-24(32-27)3-2-12-31-26-17-25(26)21-6-10-23(30)11-7-21;1-22-8-10-23(11-9-22)18-19(26)24(14-17(21-18)3-2-12-25)13-15-4-6-16(20)7-5-15;10-7-3-1-6(2-4-7)8-5-9(8)11;/h4-11,19,25-26,31H,2-3,12-18H2,1H3;4-7,12,14H,2-3,8-11,13H2,1H3;1-4,8-9H,5,11H2;1H4/t25-,26+;;8-,9+;/m0.0./s1. The summed E-state index contributed by atoms with van der Waals surface area (Å²) in [6.07, 6.45) is 9.04. The van der Waals surface area contributed by atoms with E-state index in [4.69, 9.17) is 10.7 Å². The van der Waals surface area contributed by atoms with Crippen molar-refractivity contribution < 1.29 is 22.4 Å². The second-order valence-electron chi connectivity index (χ2n) is 19.6. The monoisotopic (exact) mass is 1020 g/mol. The molecule has 6 aromatic rings. The smallest absolute Gasteiger partial charge is 0.293 e. The number of carbonyl (C=O) groups excluding carboxylic acids is 1. The largest absolute Gasteiger partial charge is 0.349 e. The molecular weight excluding hydrogens is 949 g/mol. The first kappa shape index (κ1) is 55.2. The number of aromatic nitrogens is 4. The van der Waals surface area contributed by atoms with Gasteiger partial charge in [0, 0.05) is 95.1 Å². The fourth-order valence-electron chi connectivity index (χ4n) is 9.23. The van der Waals surface area contributed by atoms with Crippen LogP contribution in [0.5, 0.6) is 0 Å². The Morgan fingerprint density at radius 2 is 0.973 bits per heavy atom. The van der Waals surface area contributed by atoms with Crippen LogP contribution in [-0.2, 0) is 30.7 Å². The highest BCUT2D eigenvalue weighted by atomic mass is 19.1. The molecule has 2 saturated carbocycles. The molecule has 0 unspecified atom stereocenters. The molecule has 2 aromatic heterocycles. The summed E-state index contributed by atoms with van der Waals surface area (Å²) in [7, 11) is 4.14.